The molecule has 1 N–H and O–H groups in total. The molecule has 8 heteroatoms. The summed E-state index contributed by atoms with van der Waals surface area (Å²) in [7, 11) is 1.88. The third-order valence-electron chi connectivity index (χ3n) is 4.01. The van der Waals surface area contributed by atoms with Gasteiger partial charge in [0.15, 0.2) is 0 Å². The van der Waals surface area contributed by atoms with Crippen LogP contribution in [0.15, 0.2) is 55.2 Å². The predicted octanol–water partition coefficient (Wildman–Crippen LogP) is 2.78. The summed E-state index contributed by atoms with van der Waals surface area (Å²) in [5.74, 6) is 0.675. The summed E-state index contributed by atoms with van der Waals surface area (Å²) in [5, 5.41) is 11.6. The highest BCUT2D eigenvalue weighted by Crippen LogP contribution is 2.25. The van der Waals surface area contributed by atoms with Gasteiger partial charge in [0.2, 0.25) is 0 Å². The molecule has 0 radical (unpaired) electrons. The molecule has 0 unspecified atom stereocenters. The minimum absolute atomic E-state index is 0.675. The number of anilines is 2. The van der Waals surface area contributed by atoms with Crippen molar-refractivity contribution in [1.82, 2.24) is 34.9 Å². The molecule has 0 fully saturated rings. The van der Waals surface area contributed by atoms with Gasteiger partial charge in [-0.15, -0.1) is 5.10 Å². The molecule has 0 atom stereocenters. The molecule has 0 aliphatic heterocycles. The first kappa shape index (κ1) is 15.8. The minimum atomic E-state index is 0.675. The number of hydrogen-bond acceptors (Lipinski definition) is 7. The first-order valence-electron chi connectivity index (χ1n) is 8.03. The number of benzene rings is 1. The van der Waals surface area contributed by atoms with Crippen LogP contribution in [0.1, 0.15) is 5.69 Å². The highest BCUT2D eigenvalue weighted by atomic mass is 15.4. The Morgan fingerprint density at radius 1 is 1.00 bits per heavy atom. The van der Waals surface area contributed by atoms with E-state index in [1.54, 1.807) is 23.3 Å². The van der Waals surface area contributed by atoms with E-state index in [1.165, 1.54) is 6.33 Å². The molecule has 26 heavy (non-hydrogen) atoms. The van der Waals surface area contributed by atoms with E-state index in [0.29, 0.717) is 17.2 Å². The van der Waals surface area contributed by atoms with Crippen LogP contribution in [0.5, 0.6) is 0 Å². The average Bonchev–Trinajstić information content (AvgIpc) is 3.02. The lowest BCUT2D eigenvalue weighted by atomic mass is 10.1. The highest BCUT2D eigenvalue weighted by Gasteiger charge is 2.09. The van der Waals surface area contributed by atoms with Crippen LogP contribution in [-0.2, 0) is 7.05 Å². The molecule has 4 rings (SSSR count). The molecule has 3 heterocycles. The number of aromatic nitrogens is 7. The van der Waals surface area contributed by atoms with Gasteiger partial charge in [0.05, 0.1) is 17.6 Å². The summed E-state index contributed by atoms with van der Waals surface area (Å²) in [6.45, 7) is 1.99. The fourth-order valence-electron chi connectivity index (χ4n) is 2.56. The molecular formula is C18H16N8. The van der Waals surface area contributed by atoms with Crippen molar-refractivity contribution in [3.63, 3.8) is 0 Å². The van der Waals surface area contributed by atoms with E-state index < -0.39 is 0 Å². The van der Waals surface area contributed by atoms with Gasteiger partial charge < -0.3 is 5.32 Å². The largest absolute Gasteiger partial charge is 0.340 e. The van der Waals surface area contributed by atoms with E-state index in [4.69, 9.17) is 0 Å². The van der Waals surface area contributed by atoms with Crippen molar-refractivity contribution in [1.29, 1.82) is 0 Å². The first-order valence-corrected chi connectivity index (χ1v) is 8.03. The maximum atomic E-state index is 4.28. The zero-order chi connectivity index (χ0) is 17.9. The van der Waals surface area contributed by atoms with E-state index in [0.717, 1.165) is 22.6 Å². The average molecular weight is 344 g/mol. The van der Waals surface area contributed by atoms with Gasteiger partial charge in [-0.25, -0.2) is 9.97 Å². The lowest BCUT2D eigenvalue weighted by Gasteiger charge is -2.08. The van der Waals surface area contributed by atoms with Crippen molar-refractivity contribution < 1.29 is 0 Å². The van der Waals surface area contributed by atoms with Gasteiger partial charge in [0, 0.05) is 36.8 Å². The van der Waals surface area contributed by atoms with E-state index in [1.807, 2.05) is 44.3 Å². The number of hydrogen-bond donors (Lipinski definition) is 1. The first-order chi connectivity index (χ1) is 12.7. The quantitative estimate of drug-likeness (QED) is 0.608. The molecule has 0 spiro atoms. The van der Waals surface area contributed by atoms with Crippen molar-refractivity contribution in [3.05, 3.63) is 60.9 Å². The monoisotopic (exact) mass is 344 g/mol. The van der Waals surface area contributed by atoms with Gasteiger partial charge in [-0.2, -0.15) is 0 Å². The van der Waals surface area contributed by atoms with E-state index in [-0.39, 0.29) is 0 Å². The number of aryl methyl sites for hydroxylation is 1. The summed E-state index contributed by atoms with van der Waals surface area (Å²) in [4.78, 5) is 16.9. The molecule has 1 aromatic carbocycles. The fourth-order valence-corrected chi connectivity index (χ4v) is 2.56. The molecule has 0 amide bonds. The molecule has 0 saturated carbocycles. The second-order valence-electron chi connectivity index (χ2n) is 5.73. The van der Waals surface area contributed by atoms with Gasteiger partial charge in [-0.1, -0.05) is 17.3 Å². The van der Waals surface area contributed by atoms with Crippen LogP contribution in [0.25, 0.3) is 22.6 Å². The molecule has 4 aromatic rings. The molecule has 0 aliphatic carbocycles. The summed E-state index contributed by atoms with van der Waals surface area (Å²) in [5.41, 5.74) is 5.16. The van der Waals surface area contributed by atoms with Crippen molar-refractivity contribution >= 4 is 11.5 Å². The second kappa shape index (κ2) is 6.67. The van der Waals surface area contributed by atoms with Crippen LogP contribution in [0.2, 0.25) is 0 Å². The zero-order valence-corrected chi connectivity index (χ0v) is 14.3. The highest BCUT2D eigenvalue weighted by molar-refractivity contribution is 5.69. The minimum Gasteiger partial charge on any atom is -0.340 e. The van der Waals surface area contributed by atoms with Crippen LogP contribution < -0.4 is 5.32 Å². The molecule has 8 nitrogen and oxygen atoms in total. The Labute approximate surface area is 150 Å². The lowest BCUT2D eigenvalue weighted by molar-refractivity contribution is 0.696. The van der Waals surface area contributed by atoms with Crippen molar-refractivity contribution in [3.8, 4) is 22.6 Å². The van der Waals surface area contributed by atoms with Crippen molar-refractivity contribution in [2.75, 3.05) is 5.32 Å². The van der Waals surface area contributed by atoms with E-state index in [2.05, 4.69) is 35.6 Å². The van der Waals surface area contributed by atoms with Crippen molar-refractivity contribution in [2.45, 2.75) is 6.92 Å². The third-order valence-corrected chi connectivity index (χ3v) is 4.01. The Balaban J connectivity index is 1.62. The van der Waals surface area contributed by atoms with E-state index >= 15 is 0 Å². The normalized spacial score (nSPS) is 10.7. The van der Waals surface area contributed by atoms with Gasteiger partial charge >= 0.3 is 0 Å². The Morgan fingerprint density at radius 3 is 2.69 bits per heavy atom. The summed E-state index contributed by atoms with van der Waals surface area (Å²) in [6.07, 6.45) is 6.44. The maximum absolute atomic E-state index is 4.28. The van der Waals surface area contributed by atoms with Crippen LogP contribution in [0.4, 0.5) is 11.5 Å². The van der Waals surface area contributed by atoms with Crippen molar-refractivity contribution in [2.24, 2.45) is 7.05 Å². The van der Waals surface area contributed by atoms with Gasteiger partial charge in [-0.3, -0.25) is 14.6 Å². The van der Waals surface area contributed by atoms with Gasteiger partial charge in [-0.05, 0) is 19.1 Å². The second-order valence-corrected chi connectivity index (χ2v) is 5.73. The summed E-state index contributed by atoms with van der Waals surface area (Å²) in [6, 6.07) is 9.80. The third kappa shape index (κ3) is 3.12. The van der Waals surface area contributed by atoms with Gasteiger partial charge in [0.1, 0.15) is 23.5 Å². The Hall–Kier alpha value is -3.68. The zero-order valence-electron chi connectivity index (χ0n) is 14.3. The topological polar surface area (TPSA) is 94.3 Å². The standard InChI is InChI=1S/C18H16N8/c1-12-18(24-25-26(12)2)13-4-3-5-14(8-13)23-17-9-15(21-11-22-17)16-10-19-6-7-20-16/h3-11H,1-2H3,(H,21,22,23). The molecule has 0 saturated heterocycles. The van der Waals surface area contributed by atoms with Crippen LogP contribution >= 0.6 is 0 Å². The van der Waals surface area contributed by atoms with Crippen LogP contribution in [-0.4, -0.2) is 34.9 Å². The fraction of sp³-hybridized carbons (Fsp3) is 0.111. The Kier molecular flexibility index (Phi) is 4.06. The summed E-state index contributed by atoms with van der Waals surface area (Å²) >= 11 is 0. The van der Waals surface area contributed by atoms with Crippen LogP contribution in [0.3, 0.4) is 0 Å². The van der Waals surface area contributed by atoms with Crippen LogP contribution in [0, 0.1) is 6.92 Å². The molecule has 3 aromatic heterocycles. The molecule has 128 valence electrons. The lowest BCUT2D eigenvalue weighted by Crippen LogP contribution is -1.97. The van der Waals surface area contributed by atoms with E-state index in [9.17, 15) is 0 Å². The molecular weight excluding hydrogens is 328 g/mol. The predicted molar refractivity (Wildman–Crippen MR) is 97.5 cm³/mol. The Morgan fingerprint density at radius 2 is 1.92 bits per heavy atom. The number of nitrogens with one attached hydrogen (secondary N) is 1. The maximum Gasteiger partial charge on any atom is 0.134 e. The Bertz CT molecular complexity index is 1040. The molecule has 0 aliphatic rings. The molecule has 0 bridgehead atoms. The smallest absolute Gasteiger partial charge is 0.134 e. The van der Waals surface area contributed by atoms with Gasteiger partial charge in [0.25, 0.3) is 0 Å². The summed E-state index contributed by atoms with van der Waals surface area (Å²) < 4.78 is 1.76. The number of rotatable bonds is 4. The SMILES string of the molecule is Cc1c(-c2cccc(Nc3cc(-c4cnccn4)ncn3)c2)nnn1C. The number of nitrogens with zero attached hydrogens (tertiary/aromatic N) is 7.